The molecule has 1 atom stereocenters. The summed E-state index contributed by atoms with van der Waals surface area (Å²) in [6.07, 6.45) is 0.580. The molecule has 2 aliphatic rings. The Hall–Kier alpha value is -3.49. The van der Waals surface area contributed by atoms with Crippen molar-refractivity contribution in [1.82, 2.24) is 0 Å². The van der Waals surface area contributed by atoms with Crippen LogP contribution in [0.1, 0.15) is 31.2 Å². The summed E-state index contributed by atoms with van der Waals surface area (Å²) in [5.41, 5.74) is 7.92. The summed E-state index contributed by atoms with van der Waals surface area (Å²) < 4.78 is 26.5. The van der Waals surface area contributed by atoms with Crippen LogP contribution in [0.5, 0.6) is 5.75 Å². The second-order valence-electron chi connectivity index (χ2n) is 6.58. The Labute approximate surface area is 174 Å². The van der Waals surface area contributed by atoms with Crippen molar-refractivity contribution in [2.75, 3.05) is 27.9 Å². The molecule has 0 fully saturated rings. The number of nitrogens with two attached hydrogens (primary N) is 1. The summed E-state index contributed by atoms with van der Waals surface area (Å²) in [6.45, 7) is 2.57. The van der Waals surface area contributed by atoms with Gasteiger partial charge in [0.1, 0.15) is 17.9 Å². The van der Waals surface area contributed by atoms with Crippen molar-refractivity contribution in [1.29, 1.82) is 0 Å². The number of aliphatic imine (C=N–C) groups is 1. The van der Waals surface area contributed by atoms with E-state index >= 15 is 0 Å². The smallest absolute Gasteiger partial charge is 0.338 e. The third-order valence-electron chi connectivity index (χ3n) is 4.75. The molecule has 0 amide bonds. The van der Waals surface area contributed by atoms with E-state index in [0.717, 1.165) is 6.42 Å². The van der Waals surface area contributed by atoms with Gasteiger partial charge in [-0.15, -0.1) is 0 Å². The van der Waals surface area contributed by atoms with Crippen molar-refractivity contribution >= 4 is 23.5 Å². The van der Waals surface area contributed by atoms with Crippen LogP contribution in [0.15, 0.2) is 46.0 Å². The van der Waals surface area contributed by atoms with Crippen molar-refractivity contribution < 1.29 is 33.3 Å². The first kappa shape index (κ1) is 21.2. The summed E-state index contributed by atoms with van der Waals surface area (Å²) in [5, 5.41) is 0. The van der Waals surface area contributed by atoms with Crippen molar-refractivity contribution in [3.63, 3.8) is 0 Å². The molecule has 1 aromatic carbocycles. The summed E-state index contributed by atoms with van der Waals surface area (Å²) in [7, 11) is 3.95. The van der Waals surface area contributed by atoms with Crippen molar-refractivity contribution in [3.8, 4) is 5.75 Å². The molecule has 0 aliphatic carbocycles. The first-order chi connectivity index (χ1) is 14.4. The highest BCUT2D eigenvalue weighted by atomic mass is 16.5. The normalized spacial score (nSPS) is 17.3. The lowest BCUT2D eigenvalue weighted by molar-refractivity contribution is -0.140. The van der Waals surface area contributed by atoms with E-state index in [1.165, 1.54) is 21.3 Å². The fraction of sp³-hybridized carbons (Fsp3) is 0.381. The molecular formula is C21H24N2O7. The largest absolute Gasteiger partial charge is 0.494 e. The van der Waals surface area contributed by atoms with Gasteiger partial charge in [-0.25, -0.2) is 9.79 Å². The van der Waals surface area contributed by atoms with Gasteiger partial charge >= 0.3 is 11.9 Å². The molecule has 2 heterocycles. The number of esters is 2. The minimum atomic E-state index is -0.687. The summed E-state index contributed by atoms with van der Waals surface area (Å²) >= 11 is 0. The van der Waals surface area contributed by atoms with E-state index in [4.69, 9.17) is 29.4 Å². The third-order valence-corrected chi connectivity index (χ3v) is 4.75. The molecule has 3 rings (SSSR count). The Morgan fingerprint density at radius 2 is 1.97 bits per heavy atom. The van der Waals surface area contributed by atoms with E-state index in [-0.39, 0.29) is 29.5 Å². The fourth-order valence-electron chi connectivity index (χ4n) is 3.41. The molecule has 1 unspecified atom stereocenters. The number of hydrogen-bond donors (Lipinski definition) is 1. The van der Waals surface area contributed by atoms with Crippen LogP contribution in [0.2, 0.25) is 0 Å². The third kappa shape index (κ3) is 3.83. The van der Waals surface area contributed by atoms with E-state index in [0.29, 0.717) is 29.2 Å². The van der Waals surface area contributed by atoms with Crippen LogP contribution < -0.4 is 10.5 Å². The van der Waals surface area contributed by atoms with Crippen LogP contribution in [0.25, 0.3) is 0 Å². The first-order valence-corrected chi connectivity index (χ1v) is 9.40. The van der Waals surface area contributed by atoms with Gasteiger partial charge in [-0.2, -0.15) is 0 Å². The van der Waals surface area contributed by atoms with Gasteiger partial charge in [0.05, 0.1) is 50.7 Å². The van der Waals surface area contributed by atoms with Gasteiger partial charge in [0.2, 0.25) is 5.90 Å². The van der Waals surface area contributed by atoms with Gasteiger partial charge in [-0.05, 0) is 18.1 Å². The van der Waals surface area contributed by atoms with Crippen molar-refractivity contribution in [2.45, 2.75) is 25.7 Å². The van der Waals surface area contributed by atoms with Gasteiger partial charge in [-0.1, -0.05) is 13.0 Å². The number of ether oxygens (including phenoxy) is 5. The maximum absolute atomic E-state index is 12.7. The Balaban J connectivity index is 2.20. The van der Waals surface area contributed by atoms with E-state index < -0.39 is 17.9 Å². The minimum absolute atomic E-state index is 0.0101. The second kappa shape index (κ2) is 8.89. The summed E-state index contributed by atoms with van der Waals surface area (Å²) in [5.74, 6) is -1.02. The van der Waals surface area contributed by atoms with Gasteiger partial charge in [0.15, 0.2) is 5.88 Å². The van der Waals surface area contributed by atoms with Crippen molar-refractivity contribution in [2.24, 2.45) is 10.7 Å². The lowest BCUT2D eigenvalue weighted by atomic mass is 9.79. The molecule has 1 aromatic rings. The Bertz CT molecular complexity index is 962. The van der Waals surface area contributed by atoms with Gasteiger partial charge in [0, 0.05) is 6.07 Å². The summed E-state index contributed by atoms with van der Waals surface area (Å²) in [6, 6.07) is 5.36. The quantitative estimate of drug-likeness (QED) is 0.703. The Kier molecular flexibility index (Phi) is 6.29. The molecule has 0 saturated carbocycles. The molecule has 0 spiro atoms. The molecule has 160 valence electrons. The number of nitrogens with zero attached hydrogens (tertiary/aromatic N) is 1. The zero-order valence-corrected chi connectivity index (χ0v) is 17.3. The second-order valence-corrected chi connectivity index (χ2v) is 6.58. The topological polar surface area (TPSA) is 119 Å². The maximum atomic E-state index is 12.7. The molecule has 0 aromatic heterocycles. The molecule has 0 saturated heterocycles. The number of methoxy groups -OCH3 is 3. The highest BCUT2D eigenvalue weighted by Crippen LogP contribution is 2.48. The van der Waals surface area contributed by atoms with Gasteiger partial charge < -0.3 is 29.4 Å². The fourth-order valence-corrected chi connectivity index (χ4v) is 3.41. The van der Waals surface area contributed by atoms with E-state index in [2.05, 4.69) is 4.99 Å². The molecule has 2 N–H and O–H groups in total. The average Bonchev–Trinajstić information content (AvgIpc) is 2.76. The molecule has 0 bridgehead atoms. The van der Waals surface area contributed by atoms with Crippen molar-refractivity contribution in [3.05, 3.63) is 46.6 Å². The zero-order valence-electron chi connectivity index (χ0n) is 17.3. The Morgan fingerprint density at radius 3 is 2.60 bits per heavy atom. The zero-order chi connectivity index (χ0) is 21.8. The Morgan fingerprint density at radius 1 is 1.20 bits per heavy atom. The number of rotatable bonds is 6. The lowest BCUT2D eigenvalue weighted by Gasteiger charge is -2.33. The van der Waals surface area contributed by atoms with E-state index in [1.807, 2.05) is 6.92 Å². The van der Waals surface area contributed by atoms with E-state index in [1.54, 1.807) is 18.2 Å². The number of benzene rings is 1. The van der Waals surface area contributed by atoms with Crippen LogP contribution in [0.3, 0.4) is 0 Å². The highest BCUT2D eigenvalue weighted by molar-refractivity contribution is 6.05. The molecule has 9 nitrogen and oxygen atoms in total. The number of carbonyl (C=O) groups excluding carboxylic acids is 2. The van der Waals surface area contributed by atoms with Gasteiger partial charge in [0.25, 0.3) is 0 Å². The van der Waals surface area contributed by atoms with Gasteiger partial charge in [-0.3, -0.25) is 4.79 Å². The number of hydrogen-bond acceptors (Lipinski definition) is 9. The van der Waals surface area contributed by atoms with Crippen LogP contribution in [-0.2, 0) is 28.5 Å². The molecule has 30 heavy (non-hydrogen) atoms. The highest BCUT2D eigenvalue weighted by Gasteiger charge is 2.43. The SMILES string of the molecule is CCCOc1ccc2c(c1)N=C(OC)C1=C(N)OC(CC(=O)OC)=C(C(=O)OC)C12. The van der Waals surface area contributed by atoms with Crippen LogP contribution >= 0.6 is 0 Å². The first-order valence-electron chi connectivity index (χ1n) is 9.40. The predicted molar refractivity (Wildman–Crippen MR) is 107 cm³/mol. The summed E-state index contributed by atoms with van der Waals surface area (Å²) in [4.78, 5) is 29.2. The molecule has 0 radical (unpaired) electrons. The standard InChI is InChI=1S/C21H24N2O7/c1-5-8-29-11-6-7-12-13(9-11)23-20(27-3)18-16(12)17(21(25)28-4)14(30-19(18)22)10-15(24)26-2/h6-7,9,16H,5,8,10,22H2,1-4H3. The predicted octanol–water partition coefficient (Wildman–Crippen LogP) is 2.44. The average molecular weight is 416 g/mol. The molecule has 9 heteroatoms. The maximum Gasteiger partial charge on any atom is 0.338 e. The van der Waals surface area contributed by atoms with Crippen LogP contribution in [0, 0.1) is 0 Å². The van der Waals surface area contributed by atoms with E-state index in [9.17, 15) is 9.59 Å². The van der Waals surface area contributed by atoms with Crippen LogP contribution in [0.4, 0.5) is 5.69 Å². The monoisotopic (exact) mass is 416 g/mol. The number of carbonyl (C=O) groups is 2. The van der Waals surface area contributed by atoms with Crippen LogP contribution in [-0.4, -0.2) is 45.8 Å². The molecule has 2 aliphatic heterocycles. The minimum Gasteiger partial charge on any atom is -0.494 e. The lowest BCUT2D eigenvalue weighted by Crippen LogP contribution is -2.32. The molecular weight excluding hydrogens is 392 g/mol. The number of fused-ring (bicyclic) bond motifs is 3.